The van der Waals surface area contributed by atoms with E-state index < -0.39 is 11.2 Å². The second-order valence-corrected chi connectivity index (χ2v) is 6.38. The molecule has 0 N–H and O–H groups in total. The van der Waals surface area contributed by atoms with Crippen LogP contribution < -0.4 is 10.5 Å². The van der Waals surface area contributed by atoms with E-state index in [1.54, 1.807) is 0 Å². The third kappa shape index (κ3) is 8.85. The van der Waals surface area contributed by atoms with E-state index in [-0.39, 0.29) is 36.1 Å². The molecule has 0 saturated carbocycles. The zero-order chi connectivity index (χ0) is 20.5. The molecule has 1 heterocycles. The topological polar surface area (TPSA) is 57.3 Å². The summed E-state index contributed by atoms with van der Waals surface area (Å²) < 4.78 is 11.6. The zero-order valence-corrected chi connectivity index (χ0v) is 27.8. The Labute approximate surface area is 204 Å². The van der Waals surface area contributed by atoms with Crippen LogP contribution in [-0.2, 0) is 59.6 Å². The number of aromatic nitrogens is 2. The summed E-state index contributed by atoms with van der Waals surface area (Å²) in [5.41, 5.74) is -0.103. The normalized spacial score (nSPS) is 9.63. The molecule has 0 fully saturated rings. The molecule has 0 aliphatic heterocycles. The molecule has 1 aromatic heterocycles. The number of hydrogen-bond donors (Lipinski definition) is 0. The smallest absolute Gasteiger partial charge is 0 e. The molecule has 2 aromatic rings. The largest absolute Gasteiger partial charge is 0 e. The van der Waals surface area contributed by atoms with E-state index in [0.717, 1.165) is 4.68 Å². The first-order valence-electron chi connectivity index (χ1n) is 7.11. The van der Waals surface area contributed by atoms with Gasteiger partial charge in [0.15, 0.2) is 0 Å². The summed E-state index contributed by atoms with van der Waals surface area (Å²) in [5, 5.41) is 4.71. The van der Waals surface area contributed by atoms with Crippen molar-refractivity contribution in [3.05, 3.63) is 38.6 Å². The first kappa shape index (κ1) is 29.8. The monoisotopic (exact) mass is 596 g/mol. The van der Waals surface area contributed by atoms with Crippen molar-refractivity contribution in [3.63, 3.8) is 0 Å². The van der Waals surface area contributed by atoms with Crippen LogP contribution in [0.5, 0.6) is 5.75 Å². The fourth-order valence-electron chi connectivity index (χ4n) is 1.64. The Kier molecular flexibility index (Phi) is 16.0. The zero-order valence-electron chi connectivity index (χ0n) is 15.4. The number of benzene rings is 1. The maximum absolute atomic E-state index is 12.0. The van der Waals surface area contributed by atoms with Gasteiger partial charge in [-0.1, -0.05) is 49.9 Å². The van der Waals surface area contributed by atoms with E-state index in [2.05, 4.69) is 25.3 Å². The molecule has 5 nitrogen and oxygen atoms in total. The number of hydrogen-bond acceptors (Lipinski definition) is 4. The van der Waals surface area contributed by atoms with Gasteiger partial charge in [0.05, 0.1) is 15.7 Å². The molecule has 0 saturated heterocycles. The van der Waals surface area contributed by atoms with Crippen molar-refractivity contribution in [2.24, 2.45) is 0 Å². The summed E-state index contributed by atoms with van der Waals surface area (Å²) in [4.78, 5) is 12.0. The third-order valence-corrected chi connectivity index (χ3v) is 3.33. The number of nitrogens with zero attached hydrogens (tertiary/aromatic N) is 2. The molecule has 2 rings (SSSR count). The predicted octanol–water partition coefficient (Wildman–Crippen LogP) is 4.62. The second-order valence-electron chi connectivity index (χ2n) is 5.56. The Balaban J connectivity index is 0. The van der Waals surface area contributed by atoms with Gasteiger partial charge in [0, 0.05) is 31.0 Å². The van der Waals surface area contributed by atoms with E-state index in [0.29, 0.717) is 17.3 Å². The van der Waals surface area contributed by atoms with Gasteiger partial charge in [0.2, 0.25) is 5.89 Å². The summed E-state index contributed by atoms with van der Waals surface area (Å²) in [6.45, 7) is 5.69. The fraction of sp³-hybridized carbons (Fsp3) is 0.333. The summed E-state index contributed by atoms with van der Waals surface area (Å²) in [6.07, 6.45) is 5.15. The molecule has 27 heavy (non-hydrogen) atoms. The minimum Gasteiger partial charge on any atom is 0 e. The summed E-state index contributed by atoms with van der Waals surface area (Å²) in [7, 11) is 6.19. The SMILES string of the molecule is C#CCOc1cc(-n2nc(C(C)(C)C)oc2=O)c(Cl)cc1Cl.[PH]=[Zn].[PH]=[Zn].[Zn]. The van der Waals surface area contributed by atoms with Gasteiger partial charge in [0.1, 0.15) is 12.4 Å². The molecule has 0 aliphatic carbocycles. The van der Waals surface area contributed by atoms with Gasteiger partial charge in [-0.25, -0.2) is 4.79 Å². The Morgan fingerprint density at radius 3 is 2.26 bits per heavy atom. The van der Waals surface area contributed by atoms with Gasteiger partial charge >= 0.3 is 54.7 Å². The number of halogens is 2. The van der Waals surface area contributed by atoms with Crippen LogP contribution in [0.15, 0.2) is 21.3 Å². The first-order valence-corrected chi connectivity index (χ1v) is 18.2. The number of ether oxygens (including phenoxy) is 1. The van der Waals surface area contributed by atoms with Crippen LogP contribution in [0.4, 0.5) is 0 Å². The van der Waals surface area contributed by atoms with E-state index in [9.17, 15) is 4.79 Å². The van der Waals surface area contributed by atoms with Crippen LogP contribution in [0.1, 0.15) is 26.7 Å². The maximum atomic E-state index is 12.0. The quantitative estimate of drug-likeness (QED) is 0.293. The van der Waals surface area contributed by atoms with E-state index in [1.807, 2.05) is 20.8 Å². The van der Waals surface area contributed by atoms with Crippen LogP contribution >= 0.6 is 37.4 Å². The molecule has 0 bridgehead atoms. The molecule has 12 heteroatoms. The van der Waals surface area contributed by atoms with E-state index >= 15 is 0 Å². The van der Waals surface area contributed by atoms with Crippen molar-refractivity contribution < 1.29 is 63.3 Å². The third-order valence-electron chi connectivity index (χ3n) is 2.73. The van der Waals surface area contributed by atoms with Gasteiger partial charge in [0.25, 0.3) is 0 Å². The maximum Gasteiger partial charge on any atom is 0 e. The molecule has 0 radical (unpaired) electrons. The summed E-state index contributed by atoms with van der Waals surface area (Å²) in [6, 6.07) is 2.96. The van der Waals surface area contributed by atoms with Crippen LogP contribution in [0.3, 0.4) is 0 Å². The Morgan fingerprint density at radius 1 is 1.26 bits per heavy atom. The standard InChI is InChI=1S/C15H14Cl2N2O3.2HP.3Zn/c1-5-6-21-12-8-11(9(16)7-10(12)17)19-14(20)22-13(18-19)15(2,3)4;;;;;/h1,7-8H,6H2,2-4H3;2*1H;;;. The fourth-order valence-corrected chi connectivity index (χ4v) is 2.16. The van der Waals surface area contributed by atoms with Crippen LogP contribution in [0.2, 0.25) is 10.0 Å². The van der Waals surface area contributed by atoms with Gasteiger partial charge in [-0.15, -0.1) is 11.5 Å². The van der Waals surface area contributed by atoms with Gasteiger partial charge in [-0.2, -0.15) is 4.68 Å². The van der Waals surface area contributed by atoms with E-state index in [1.165, 1.54) is 46.8 Å². The van der Waals surface area contributed by atoms with Crippen LogP contribution in [0, 0.1) is 12.3 Å². The van der Waals surface area contributed by atoms with Gasteiger partial charge < -0.3 is 9.15 Å². The van der Waals surface area contributed by atoms with Gasteiger partial charge in [-0.3, -0.25) is 0 Å². The molecule has 0 atom stereocenters. The van der Waals surface area contributed by atoms with Crippen molar-refractivity contribution in [2.45, 2.75) is 26.2 Å². The molecule has 0 unspecified atom stereocenters. The van der Waals surface area contributed by atoms with Gasteiger partial charge in [-0.05, 0) is 6.07 Å². The average Bonchev–Trinajstić information content (AvgIpc) is 3.00. The molecular formula is C15H16Cl2N2O3P2Zn3. The molecule has 0 aliphatic rings. The molecule has 0 spiro atoms. The van der Waals surface area contributed by atoms with Crippen LogP contribution in [-0.4, -0.2) is 16.4 Å². The predicted molar refractivity (Wildman–Crippen MR) is 102 cm³/mol. The van der Waals surface area contributed by atoms with Crippen LogP contribution in [0.25, 0.3) is 5.69 Å². The minimum atomic E-state index is -0.642. The minimum absolute atomic E-state index is 0. The van der Waals surface area contributed by atoms with E-state index in [4.69, 9.17) is 38.8 Å². The summed E-state index contributed by atoms with van der Waals surface area (Å²) >= 11 is 14.5. The molecular weight excluding hydrogens is 585 g/mol. The van der Waals surface area contributed by atoms with Crippen molar-refractivity contribution in [3.8, 4) is 23.8 Å². The summed E-state index contributed by atoms with van der Waals surface area (Å²) in [5.74, 6) is 2.31. The van der Waals surface area contributed by atoms with Crippen molar-refractivity contribution in [1.82, 2.24) is 9.78 Å². The van der Waals surface area contributed by atoms with Crippen molar-refractivity contribution in [2.75, 3.05) is 6.61 Å². The number of rotatable bonds is 3. The van der Waals surface area contributed by atoms with Crippen molar-refractivity contribution >= 4 is 37.4 Å². The first-order chi connectivity index (χ1) is 12.2. The number of terminal acetylenes is 1. The Morgan fingerprint density at radius 2 is 1.81 bits per heavy atom. The Bertz CT molecular complexity index is 846. The molecule has 0 amide bonds. The second kappa shape index (κ2) is 14.5. The molecule has 1 aromatic carbocycles. The Hall–Kier alpha value is 0.570. The van der Waals surface area contributed by atoms with Crippen molar-refractivity contribution in [1.29, 1.82) is 0 Å². The molecule has 134 valence electrons. The average molecular weight is 601 g/mol.